The van der Waals surface area contributed by atoms with Crippen molar-refractivity contribution in [3.63, 3.8) is 0 Å². The van der Waals surface area contributed by atoms with Gasteiger partial charge in [-0.25, -0.2) is 9.67 Å². The van der Waals surface area contributed by atoms with Crippen molar-refractivity contribution in [1.29, 1.82) is 0 Å². The first-order chi connectivity index (χ1) is 13.0. The predicted octanol–water partition coefficient (Wildman–Crippen LogP) is 1.19. The van der Waals surface area contributed by atoms with Crippen molar-refractivity contribution < 1.29 is 19.7 Å². The van der Waals surface area contributed by atoms with Gasteiger partial charge in [0, 0.05) is 19.6 Å². The highest BCUT2D eigenvalue weighted by Crippen LogP contribution is 2.35. The number of likely N-dealkylation sites (tertiary alicyclic amines) is 1. The lowest BCUT2D eigenvalue weighted by Crippen LogP contribution is -2.57. The number of rotatable bonds is 7. The van der Waals surface area contributed by atoms with Crippen LogP contribution in [0.15, 0.2) is 30.6 Å². The van der Waals surface area contributed by atoms with Gasteiger partial charge >= 0.3 is 5.97 Å². The Kier molecular flexibility index (Phi) is 5.76. The zero-order valence-corrected chi connectivity index (χ0v) is 15.7. The summed E-state index contributed by atoms with van der Waals surface area (Å²) in [6.07, 6.45) is 1.23. The Morgan fingerprint density at radius 3 is 2.96 bits per heavy atom. The molecule has 2 heterocycles. The zero-order chi connectivity index (χ0) is 19.4. The van der Waals surface area contributed by atoms with Crippen LogP contribution in [0.1, 0.15) is 24.7 Å². The molecule has 1 aliphatic rings. The lowest BCUT2D eigenvalue weighted by Gasteiger charge is -2.43. The fraction of sp³-hybridized carbons (Fsp3) is 0.526. The summed E-state index contributed by atoms with van der Waals surface area (Å²) in [5, 5.41) is 24.9. The van der Waals surface area contributed by atoms with Gasteiger partial charge < -0.3 is 14.9 Å². The number of hydrogen-bond donors (Lipinski definition) is 2. The molecule has 0 unspecified atom stereocenters. The second-order valence-electron chi connectivity index (χ2n) is 7.00. The molecule has 146 valence electrons. The fourth-order valence-corrected chi connectivity index (χ4v) is 3.78. The second kappa shape index (κ2) is 8.06. The van der Waals surface area contributed by atoms with E-state index in [0.29, 0.717) is 31.8 Å². The largest absolute Gasteiger partial charge is 0.497 e. The van der Waals surface area contributed by atoms with Crippen molar-refractivity contribution >= 4 is 5.97 Å². The summed E-state index contributed by atoms with van der Waals surface area (Å²) in [4.78, 5) is 18.6. The summed E-state index contributed by atoms with van der Waals surface area (Å²) in [5.41, 5.74) is -0.448. The number of methoxy groups -OCH3 is 1. The van der Waals surface area contributed by atoms with Crippen molar-refractivity contribution in [2.75, 3.05) is 20.2 Å². The third kappa shape index (κ3) is 3.96. The molecule has 2 aromatic rings. The molecule has 3 rings (SSSR count). The monoisotopic (exact) mass is 374 g/mol. The third-order valence-electron chi connectivity index (χ3n) is 5.30. The SMILES string of the molecule is CCn1ncnc1CN1CC[C@@H](O)[C@](Cc2cccc(OC)c2)(C(=O)O)C1. The van der Waals surface area contributed by atoms with E-state index >= 15 is 0 Å². The van der Waals surface area contributed by atoms with Gasteiger partial charge in [-0.15, -0.1) is 0 Å². The normalized spacial score (nSPS) is 23.3. The van der Waals surface area contributed by atoms with Gasteiger partial charge in [0.15, 0.2) is 0 Å². The molecule has 1 aromatic heterocycles. The molecular formula is C19H26N4O4. The molecule has 1 aromatic carbocycles. The fourth-order valence-electron chi connectivity index (χ4n) is 3.78. The van der Waals surface area contributed by atoms with E-state index in [0.717, 1.165) is 11.4 Å². The molecule has 0 amide bonds. The van der Waals surface area contributed by atoms with E-state index in [-0.39, 0.29) is 13.0 Å². The van der Waals surface area contributed by atoms with E-state index in [1.54, 1.807) is 11.8 Å². The summed E-state index contributed by atoms with van der Waals surface area (Å²) in [6.45, 7) is 4.07. The summed E-state index contributed by atoms with van der Waals surface area (Å²) >= 11 is 0. The first kappa shape index (κ1) is 19.3. The van der Waals surface area contributed by atoms with E-state index in [1.165, 1.54) is 6.33 Å². The number of carboxylic acid groups (broad SMARTS) is 1. The molecule has 27 heavy (non-hydrogen) atoms. The molecule has 8 nitrogen and oxygen atoms in total. The molecule has 2 N–H and O–H groups in total. The highest BCUT2D eigenvalue weighted by Gasteiger charge is 2.49. The molecule has 1 saturated heterocycles. The van der Waals surface area contributed by atoms with Crippen LogP contribution in [-0.2, 0) is 24.3 Å². The lowest BCUT2D eigenvalue weighted by molar-refractivity contribution is -0.163. The second-order valence-corrected chi connectivity index (χ2v) is 7.00. The number of aliphatic hydroxyl groups is 1. The minimum absolute atomic E-state index is 0.234. The summed E-state index contributed by atoms with van der Waals surface area (Å²) in [6, 6.07) is 7.34. The molecule has 1 aliphatic heterocycles. The number of piperidine rings is 1. The van der Waals surface area contributed by atoms with Crippen molar-refractivity contribution in [1.82, 2.24) is 19.7 Å². The molecule has 0 bridgehead atoms. The number of carboxylic acids is 1. The maximum absolute atomic E-state index is 12.3. The van der Waals surface area contributed by atoms with Gasteiger partial charge in [-0.05, 0) is 37.5 Å². The average Bonchev–Trinajstić information content (AvgIpc) is 3.11. The van der Waals surface area contributed by atoms with Crippen molar-refractivity contribution in [2.45, 2.75) is 39.0 Å². The van der Waals surface area contributed by atoms with Crippen LogP contribution in [0.2, 0.25) is 0 Å². The topological polar surface area (TPSA) is 101 Å². The van der Waals surface area contributed by atoms with Gasteiger partial charge in [0.25, 0.3) is 0 Å². The standard InChI is InChI=1S/C19H26N4O4/c1-3-23-17(20-13-21-23)11-22-8-7-16(24)19(12-22,18(25)26)10-14-5-4-6-15(9-14)27-2/h4-6,9,13,16,24H,3,7-8,10-12H2,1-2H3,(H,25,26)/t16-,19-/m1/s1. The van der Waals surface area contributed by atoms with E-state index in [9.17, 15) is 15.0 Å². The average molecular weight is 374 g/mol. The maximum Gasteiger partial charge on any atom is 0.313 e. The van der Waals surface area contributed by atoms with E-state index < -0.39 is 17.5 Å². The van der Waals surface area contributed by atoms with Crippen LogP contribution in [0.5, 0.6) is 5.75 Å². The number of aromatic nitrogens is 3. The molecule has 0 aliphatic carbocycles. The van der Waals surface area contributed by atoms with Crippen molar-refractivity contribution in [3.05, 3.63) is 42.0 Å². The van der Waals surface area contributed by atoms with Crippen molar-refractivity contribution in [2.24, 2.45) is 5.41 Å². The molecule has 1 fully saturated rings. The minimum atomic E-state index is -1.28. The van der Waals surface area contributed by atoms with Crippen LogP contribution in [0, 0.1) is 5.41 Å². The highest BCUT2D eigenvalue weighted by molar-refractivity contribution is 5.76. The maximum atomic E-state index is 12.3. The first-order valence-corrected chi connectivity index (χ1v) is 9.12. The van der Waals surface area contributed by atoms with Crippen LogP contribution < -0.4 is 4.74 Å². The Balaban J connectivity index is 1.84. The van der Waals surface area contributed by atoms with Gasteiger partial charge in [0.1, 0.15) is 23.3 Å². The molecule has 0 radical (unpaired) electrons. The lowest BCUT2D eigenvalue weighted by atomic mass is 9.73. The number of aliphatic hydroxyl groups excluding tert-OH is 1. The minimum Gasteiger partial charge on any atom is -0.497 e. The molecular weight excluding hydrogens is 348 g/mol. The summed E-state index contributed by atoms with van der Waals surface area (Å²) in [5.74, 6) is 0.486. The molecule has 2 atom stereocenters. The highest BCUT2D eigenvalue weighted by atomic mass is 16.5. The van der Waals surface area contributed by atoms with Gasteiger partial charge in [0.2, 0.25) is 0 Å². The Hall–Kier alpha value is -2.45. The number of aryl methyl sites for hydroxylation is 1. The number of hydrogen-bond acceptors (Lipinski definition) is 6. The number of benzene rings is 1. The van der Waals surface area contributed by atoms with Gasteiger partial charge in [-0.2, -0.15) is 5.10 Å². The van der Waals surface area contributed by atoms with Crippen LogP contribution in [0.4, 0.5) is 0 Å². The van der Waals surface area contributed by atoms with E-state index in [4.69, 9.17) is 4.74 Å². The molecule has 0 saturated carbocycles. The smallest absolute Gasteiger partial charge is 0.313 e. The van der Waals surface area contributed by atoms with Crippen LogP contribution in [0.25, 0.3) is 0 Å². The summed E-state index contributed by atoms with van der Waals surface area (Å²) < 4.78 is 7.04. The number of aliphatic carboxylic acids is 1. The summed E-state index contributed by atoms with van der Waals surface area (Å²) in [7, 11) is 1.58. The zero-order valence-electron chi connectivity index (χ0n) is 15.7. The van der Waals surface area contributed by atoms with Crippen LogP contribution >= 0.6 is 0 Å². The molecule has 0 spiro atoms. The number of nitrogens with zero attached hydrogens (tertiary/aromatic N) is 4. The van der Waals surface area contributed by atoms with Gasteiger partial charge in [0.05, 0.1) is 19.8 Å². The number of carbonyl (C=O) groups is 1. The first-order valence-electron chi connectivity index (χ1n) is 9.12. The molecule has 8 heteroatoms. The Bertz CT molecular complexity index is 794. The van der Waals surface area contributed by atoms with E-state index in [1.807, 2.05) is 36.1 Å². The number of ether oxygens (including phenoxy) is 1. The Labute approximate surface area is 158 Å². The third-order valence-corrected chi connectivity index (χ3v) is 5.30. The van der Waals surface area contributed by atoms with Crippen LogP contribution in [-0.4, -0.2) is 62.2 Å². The quantitative estimate of drug-likeness (QED) is 0.751. The Morgan fingerprint density at radius 2 is 2.26 bits per heavy atom. The van der Waals surface area contributed by atoms with Crippen molar-refractivity contribution in [3.8, 4) is 5.75 Å². The Morgan fingerprint density at radius 1 is 1.44 bits per heavy atom. The van der Waals surface area contributed by atoms with Gasteiger partial charge in [-0.1, -0.05) is 12.1 Å². The van der Waals surface area contributed by atoms with E-state index in [2.05, 4.69) is 10.1 Å². The van der Waals surface area contributed by atoms with Gasteiger partial charge in [-0.3, -0.25) is 9.69 Å². The van der Waals surface area contributed by atoms with Crippen LogP contribution in [0.3, 0.4) is 0 Å². The predicted molar refractivity (Wildman–Crippen MR) is 98.4 cm³/mol.